The third-order valence-corrected chi connectivity index (χ3v) is 5.73. The van der Waals surface area contributed by atoms with Crippen molar-refractivity contribution < 1.29 is 19.1 Å². The van der Waals surface area contributed by atoms with Gasteiger partial charge in [-0.3, -0.25) is 9.59 Å². The minimum atomic E-state index is -0.797. The summed E-state index contributed by atoms with van der Waals surface area (Å²) in [5, 5.41) is 5.65. The first-order valence-corrected chi connectivity index (χ1v) is 13.3. The molecule has 0 aliphatic rings. The van der Waals surface area contributed by atoms with Gasteiger partial charge in [0.15, 0.2) is 0 Å². The molecule has 0 aromatic heterocycles. The van der Waals surface area contributed by atoms with Crippen molar-refractivity contribution in [2.24, 2.45) is 0 Å². The van der Waals surface area contributed by atoms with E-state index in [1.54, 1.807) is 25.7 Å². The lowest BCUT2D eigenvalue weighted by atomic mass is 9.93. The first-order chi connectivity index (χ1) is 16.7. The maximum atomic E-state index is 13.7. The van der Waals surface area contributed by atoms with E-state index in [2.05, 4.69) is 17.6 Å². The van der Waals surface area contributed by atoms with E-state index in [1.165, 1.54) is 12.8 Å². The number of aryl methyl sites for hydroxylation is 2. The van der Waals surface area contributed by atoms with Crippen molar-refractivity contribution in [2.45, 2.75) is 118 Å². The molecular weight excluding hydrogens is 454 g/mol. The Hall–Kier alpha value is -2.57. The maximum Gasteiger partial charge on any atom is 0.408 e. The van der Waals surface area contributed by atoms with E-state index in [4.69, 9.17) is 4.74 Å². The first kappa shape index (κ1) is 31.5. The van der Waals surface area contributed by atoms with Crippen LogP contribution in [0.5, 0.6) is 0 Å². The average Bonchev–Trinajstić information content (AvgIpc) is 2.72. The van der Waals surface area contributed by atoms with Gasteiger partial charge in [-0.15, -0.1) is 0 Å². The van der Waals surface area contributed by atoms with E-state index in [1.807, 2.05) is 52.8 Å². The van der Waals surface area contributed by atoms with E-state index in [0.29, 0.717) is 6.54 Å². The molecule has 0 bridgehead atoms. The molecule has 0 fully saturated rings. The number of benzene rings is 1. The second-order valence-corrected chi connectivity index (χ2v) is 11.7. The van der Waals surface area contributed by atoms with Gasteiger partial charge in [0, 0.05) is 12.1 Å². The van der Waals surface area contributed by atoms with Crippen LogP contribution in [0.15, 0.2) is 18.2 Å². The van der Waals surface area contributed by atoms with E-state index in [-0.39, 0.29) is 18.4 Å². The molecule has 1 aromatic rings. The molecule has 2 N–H and O–H groups in total. The third kappa shape index (κ3) is 11.4. The molecule has 204 valence electrons. The second-order valence-electron chi connectivity index (χ2n) is 11.7. The molecule has 3 amide bonds. The van der Waals surface area contributed by atoms with Crippen LogP contribution >= 0.6 is 0 Å². The van der Waals surface area contributed by atoms with Crippen molar-refractivity contribution >= 4 is 17.9 Å². The summed E-state index contributed by atoms with van der Waals surface area (Å²) in [5.41, 5.74) is 1.60. The number of unbranched alkanes of at least 4 members (excludes halogenated alkanes) is 5. The largest absolute Gasteiger partial charge is 0.444 e. The van der Waals surface area contributed by atoms with Crippen LogP contribution in [0.1, 0.15) is 110 Å². The fourth-order valence-corrected chi connectivity index (χ4v) is 4.15. The Balaban J connectivity index is 3.29. The van der Waals surface area contributed by atoms with Crippen molar-refractivity contribution in [1.82, 2.24) is 15.5 Å². The van der Waals surface area contributed by atoms with Gasteiger partial charge in [-0.2, -0.15) is 0 Å². The van der Waals surface area contributed by atoms with Crippen molar-refractivity contribution in [3.05, 3.63) is 34.9 Å². The number of amides is 3. The van der Waals surface area contributed by atoms with Crippen LogP contribution in [-0.2, 0) is 14.3 Å². The molecule has 36 heavy (non-hydrogen) atoms. The summed E-state index contributed by atoms with van der Waals surface area (Å²) in [6, 6.07) is 5.09. The fourth-order valence-electron chi connectivity index (χ4n) is 4.15. The van der Waals surface area contributed by atoms with Gasteiger partial charge >= 0.3 is 6.09 Å². The molecular formula is C29H49N3O4. The summed E-state index contributed by atoms with van der Waals surface area (Å²) in [6.45, 7) is 17.4. The van der Waals surface area contributed by atoms with Gasteiger partial charge in [-0.1, -0.05) is 57.2 Å². The van der Waals surface area contributed by atoms with Crippen LogP contribution in [0.2, 0.25) is 0 Å². The number of rotatable bonds is 12. The molecule has 1 rings (SSSR count). The normalized spacial score (nSPS) is 12.6. The lowest BCUT2D eigenvalue weighted by molar-refractivity contribution is -0.141. The smallest absolute Gasteiger partial charge is 0.408 e. The highest BCUT2D eigenvalue weighted by molar-refractivity contribution is 5.91. The second kappa shape index (κ2) is 14.2. The number of carbonyl (C=O) groups excluding carboxylic acids is 3. The number of alkyl carbamates (subject to hydrolysis) is 1. The molecule has 0 saturated carbocycles. The highest BCUT2D eigenvalue weighted by Crippen LogP contribution is 2.29. The number of nitrogens with zero attached hydrogens (tertiary/aromatic N) is 1. The number of hydrogen-bond donors (Lipinski definition) is 2. The van der Waals surface area contributed by atoms with E-state index in [9.17, 15) is 14.4 Å². The molecule has 0 saturated heterocycles. The Morgan fingerprint density at radius 3 is 2.00 bits per heavy atom. The minimum Gasteiger partial charge on any atom is -0.444 e. The zero-order valence-corrected chi connectivity index (χ0v) is 24.0. The van der Waals surface area contributed by atoms with Crippen molar-refractivity contribution in [1.29, 1.82) is 0 Å². The Morgan fingerprint density at radius 2 is 1.47 bits per heavy atom. The summed E-state index contributed by atoms with van der Waals surface area (Å²) in [4.78, 5) is 41.1. The molecule has 0 heterocycles. The number of ether oxygens (including phenoxy) is 1. The Bertz CT molecular complexity index is 848. The predicted octanol–water partition coefficient (Wildman–Crippen LogP) is 5.97. The summed E-state index contributed by atoms with van der Waals surface area (Å²) in [5.74, 6) is -0.539. The van der Waals surface area contributed by atoms with Crippen molar-refractivity contribution in [2.75, 3.05) is 13.1 Å². The van der Waals surface area contributed by atoms with Gasteiger partial charge < -0.3 is 20.3 Å². The first-order valence-electron chi connectivity index (χ1n) is 13.3. The standard InChI is InChI=1S/C29H49N3O4/c1-10-11-12-13-14-15-19-32(23(33)20-30-27(35)36-29(7,8)9)25(26(34)31-28(4,5)6)24-21(2)17-16-18-22(24)3/h16-18,25H,10-15,19-20H2,1-9H3,(H,30,35)(H,31,34). The summed E-state index contributed by atoms with van der Waals surface area (Å²) < 4.78 is 5.30. The molecule has 1 aromatic carbocycles. The van der Waals surface area contributed by atoms with E-state index >= 15 is 0 Å². The quantitative estimate of drug-likeness (QED) is 0.344. The van der Waals surface area contributed by atoms with Crippen LogP contribution < -0.4 is 10.6 Å². The van der Waals surface area contributed by atoms with Gasteiger partial charge in [0.1, 0.15) is 18.2 Å². The lowest BCUT2D eigenvalue weighted by Crippen LogP contribution is -2.51. The summed E-state index contributed by atoms with van der Waals surface area (Å²) >= 11 is 0. The predicted molar refractivity (Wildman–Crippen MR) is 146 cm³/mol. The van der Waals surface area contributed by atoms with Gasteiger partial charge in [-0.05, 0) is 78.5 Å². The molecule has 0 aliphatic carbocycles. The van der Waals surface area contributed by atoms with E-state index < -0.39 is 23.3 Å². The Morgan fingerprint density at radius 1 is 0.917 bits per heavy atom. The van der Waals surface area contributed by atoms with Crippen molar-refractivity contribution in [3.63, 3.8) is 0 Å². The molecule has 0 radical (unpaired) electrons. The highest BCUT2D eigenvalue weighted by Gasteiger charge is 2.35. The van der Waals surface area contributed by atoms with Gasteiger partial charge in [0.25, 0.3) is 0 Å². The van der Waals surface area contributed by atoms with Gasteiger partial charge in [0.05, 0.1) is 0 Å². The molecule has 7 nitrogen and oxygen atoms in total. The van der Waals surface area contributed by atoms with E-state index in [0.717, 1.165) is 42.4 Å². The average molecular weight is 504 g/mol. The number of carbonyl (C=O) groups is 3. The fraction of sp³-hybridized carbons (Fsp3) is 0.690. The maximum absolute atomic E-state index is 13.7. The molecule has 1 unspecified atom stereocenters. The van der Waals surface area contributed by atoms with Crippen LogP contribution in [0.4, 0.5) is 4.79 Å². The highest BCUT2D eigenvalue weighted by atomic mass is 16.6. The van der Waals surface area contributed by atoms with Gasteiger partial charge in [0.2, 0.25) is 11.8 Å². The Labute approximate surface area is 218 Å². The lowest BCUT2D eigenvalue weighted by Gasteiger charge is -2.35. The molecule has 7 heteroatoms. The summed E-state index contributed by atoms with van der Waals surface area (Å²) in [6.07, 6.45) is 5.72. The van der Waals surface area contributed by atoms with Crippen LogP contribution in [0, 0.1) is 13.8 Å². The zero-order chi connectivity index (χ0) is 27.5. The monoisotopic (exact) mass is 503 g/mol. The van der Waals surface area contributed by atoms with Crippen LogP contribution in [0.25, 0.3) is 0 Å². The third-order valence-electron chi connectivity index (χ3n) is 5.73. The topological polar surface area (TPSA) is 87.7 Å². The summed E-state index contributed by atoms with van der Waals surface area (Å²) in [7, 11) is 0. The van der Waals surface area contributed by atoms with Crippen molar-refractivity contribution in [3.8, 4) is 0 Å². The van der Waals surface area contributed by atoms with Crippen LogP contribution in [-0.4, -0.2) is 47.0 Å². The minimum absolute atomic E-state index is 0.225. The SMILES string of the molecule is CCCCCCCCN(C(=O)CNC(=O)OC(C)(C)C)C(C(=O)NC(C)(C)C)c1c(C)cccc1C. The van der Waals surface area contributed by atoms with Crippen LogP contribution in [0.3, 0.4) is 0 Å². The molecule has 0 spiro atoms. The molecule has 1 atom stereocenters. The Kier molecular flexibility index (Phi) is 12.4. The number of hydrogen-bond acceptors (Lipinski definition) is 4. The van der Waals surface area contributed by atoms with Gasteiger partial charge in [-0.25, -0.2) is 4.79 Å². The molecule has 0 aliphatic heterocycles. The zero-order valence-electron chi connectivity index (χ0n) is 24.0. The number of nitrogens with one attached hydrogen (secondary N) is 2.